The maximum atomic E-state index is 11.7. The largest absolute Gasteiger partial charge is 0.487 e. The summed E-state index contributed by atoms with van der Waals surface area (Å²) in [7, 11) is 0. The Kier molecular flexibility index (Phi) is 5.42. The van der Waals surface area contributed by atoms with Crippen LogP contribution in [0.15, 0.2) is 30.5 Å². The molecule has 0 fully saturated rings. The van der Waals surface area contributed by atoms with Gasteiger partial charge in [0.15, 0.2) is 10.9 Å². The minimum Gasteiger partial charge on any atom is -0.487 e. The molecule has 1 N–H and O–H groups in total. The summed E-state index contributed by atoms with van der Waals surface area (Å²) in [6, 6.07) is 6.16. The Balaban J connectivity index is 1.75. The minimum absolute atomic E-state index is 0.0785. The molecule has 0 saturated heterocycles. The zero-order chi connectivity index (χ0) is 15.9. The highest BCUT2D eigenvalue weighted by molar-refractivity contribution is 7.15. The van der Waals surface area contributed by atoms with Crippen LogP contribution < -0.4 is 10.1 Å². The molecule has 1 aromatic heterocycles. The van der Waals surface area contributed by atoms with E-state index < -0.39 is 4.92 Å². The number of carbonyl (C=O) groups is 1. The third-order valence-electron chi connectivity index (χ3n) is 2.74. The number of anilines is 1. The van der Waals surface area contributed by atoms with Crippen molar-refractivity contribution in [1.29, 1.82) is 0 Å². The van der Waals surface area contributed by atoms with E-state index in [0.29, 0.717) is 11.6 Å². The molecule has 0 spiro atoms. The van der Waals surface area contributed by atoms with Gasteiger partial charge in [0.2, 0.25) is 5.91 Å². The van der Waals surface area contributed by atoms with Crippen LogP contribution in [0.25, 0.3) is 0 Å². The number of nitrogens with one attached hydrogen (secondary N) is 1. The van der Waals surface area contributed by atoms with Gasteiger partial charge in [-0.25, -0.2) is 4.98 Å². The van der Waals surface area contributed by atoms with Crippen LogP contribution in [0.1, 0.15) is 17.7 Å². The summed E-state index contributed by atoms with van der Waals surface area (Å²) in [6.45, 7) is 2.14. The summed E-state index contributed by atoms with van der Waals surface area (Å²) in [5.41, 5.74) is -0.0785. The Labute approximate surface area is 131 Å². The molecule has 0 aliphatic rings. The van der Waals surface area contributed by atoms with Gasteiger partial charge in [0, 0.05) is 23.6 Å². The number of hydrogen-bond acceptors (Lipinski definition) is 6. The molecule has 1 heterocycles. The number of benzene rings is 1. The minimum atomic E-state index is -0.493. The summed E-state index contributed by atoms with van der Waals surface area (Å²) in [6.07, 6.45) is 2.42. The molecule has 0 radical (unpaired) electrons. The maximum absolute atomic E-state index is 11.7. The first-order valence-electron chi connectivity index (χ1n) is 6.65. The van der Waals surface area contributed by atoms with Gasteiger partial charge in [-0.05, 0) is 19.4 Å². The zero-order valence-electron chi connectivity index (χ0n) is 11.9. The predicted molar refractivity (Wildman–Crippen MR) is 83.3 cm³/mol. The van der Waals surface area contributed by atoms with Crippen LogP contribution in [0, 0.1) is 17.0 Å². The quantitative estimate of drug-likeness (QED) is 0.480. The Bertz CT molecular complexity index is 672. The fourth-order valence-corrected chi connectivity index (χ4v) is 2.42. The van der Waals surface area contributed by atoms with E-state index in [-0.39, 0.29) is 30.4 Å². The van der Waals surface area contributed by atoms with Crippen LogP contribution in [0.2, 0.25) is 0 Å². The molecule has 0 aliphatic heterocycles. The number of amides is 1. The van der Waals surface area contributed by atoms with Gasteiger partial charge in [-0.15, -0.1) is 11.3 Å². The standard InChI is InChI=1S/C14H15N3O4S/c1-10-9-15-14(22-10)16-13(18)7-4-8-21-12-6-3-2-5-11(12)17(19)20/h2-3,5-6,9H,4,7-8H2,1H3,(H,15,16,18). The maximum Gasteiger partial charge on any atom is 0.310 e. The first-order valence-corrected chi connectivity index (χ1v) is 7.46. The van der Waals surface area contributed by atoms with Gasteiger partial charge in [0.1, 0.15) is 0 Å². The van der Waals surface area contributed by atoms with Crippen LogP contribution in [0.5, 0.6) is 5.75 Å². The number of hydrogen-bond donors (Lipinski definition) is 1. The number of nitro benzene ring substituents is 1. The smallest absolute Gasteiger partial charge is 0.310 e. The molecule has 1 amide bonds. The molecule has 0 aliphatic carbocycles. The third-order valence-corrected chi connectivity index (χ3v) is 3.56. The van der Waals surface area contributed by atoms with Crippen molar-refractivity contribution in [2.75, 3.05) is 11.9 Å². The topological polar surface area (TPSA) is 94.4 Å². The predicted octanol–water partition coefficient (Wildman–Crippen LogP) is 3.16. The lowest BCUT2D eigenvalue weighted by Gasteiger charge is -2.06. The number of thiazole rings is 1. The Morgan fingerprint density at radius 1 is 1.45 bits per heavy atom. The number of nitrogens with zero attached hydrogens (tertiary/aromatic N) is 2. The van der Waals surface area contributed by atoms with Crippen LogP contribution in [0.3, 0.4) is 0 Å². The van der Waals surface area contributed by atoms with Crippen molar-refractivity contribution >= 4 is 28.1 Å². The number of para-hydroxylation sites is 2. The zero-order valence-corrected chi connectivity index (χ0v) is 12.8. The molecule has 0 bridgehead atoms. The number of ether oxygens (including phenoxy) is 1. The molecule has 0 unspecified atom stereocenters. The van der Waals surface area contributed by atoms with Gasteiger partial charge in [-0.3, -0.25) is 14.9 Å². The molecule has 0 atom stereocenters. The molecule has 8 heteroatoms. The summed E-state index contributed by atoms with van der Waals surface area (Å²) >= 11 is 1.41. The van der Waals surface area contributed by atoms with Crippen molar-refractivity contribution in [3.05, 3.63) is 45.5 Å². The molecule has 7 nitrogen and oxygen atoms in total. The Morgan fingerprint density at radius 2 is 2.23 bits per heavy atom. The summed E-state index contributed by atoms with van der Waals surface area (Å²) in [5, 5.41) is 14.1. The van der Waals surface area contributed by atoms with Gasteiger partial charge in [0.25, 0.3) is 0 Å². The second kappa shape index (κ2) is 7.51. The first kappa shape index (κ1) is 15.9. The van der Waals surface area contributed by atoms with E-state index >= 15 is 0 Å². The SMILES string of the molecule is Cc1cnc(NC(=O)CCCOc2ccccc2[N+](=O)[O-])s1. The van der Waals surface area contributed by atoms with Crippen molar-refractivity contribution in [2.45, 2.75) is 19.8 Å². The highest BCUT2D eigenvalue weighted by Crippen LogP contribution is 2.25. The Morgan fingerprint density at radius 3 is 2.91 bits per heavy atom. The van der Waals surface area contributed by atoms with E-state index in [9.17, 15) is 14.9 Å². The van der Waals surface area contributed by atoms with Crippen molar-refractivity contribution in [3.63, 3.8) is 0 Å². The molecule has 116 valence electrons. The first-order chi connectivity index (χ1) is 10.6. The van der Waals surface area contributed by atoms with E-state index in [1.807, 2.05) is 6.92 Å². The molecule has 22 heavy (non-hydrogen) atoms. The highest BCUT2D eigenvalue weighted by atomic mass is 32.1. The average molecular weight is 321 g/mol. The van der Waals surface area contributed by atoms with Gasteiger partial charge < -0.3 is 10.1 Å². The number of nitro groups is 1. The monoisotopic (exact) mass is 321 g/mol. The second-order valence-electron chi connectivity index (χ2n) is 4.50. The number of carbonyl (C=O) groups excluding carboxylic acids is 1. The van der Waals surface area contributed by atoms with Crippen LogP contribution >= 0.6 is 11.3 Å². The molecule has 0 saturated carbocycles. The summed E-state index contributed by atoms with van der Waals surface area (Å²) in [5.74, 6) is 0.0592. The normalized spacial score (nSPS) is 10.2. The van der Waals surface area contributed by atoms with Crippen molar-refractivity contribution in [1.82, 2.24) is 4.98 Å². The summed E-state index contributed by atoms with van der Waals surface area (Å²) < 4.78 is 5.37. The number of aromatic nitrogens is 1. The fraction of sp³-hybridized carbons (Fsp3) is 0.286. The van der Waals surface area contributed by atoms with Crippen LogP contribution in [-0.2, 0) is 4.79 Å². The highest BCUT2D eigenvalue weighted by Gasteiger charge is 2.13. The summed E-state index contributed by atoms with van der Waals surface area (Å²) in [4.78, 5) is 27.1. The number of aryl methyl sites for hydroxylation is 1. The lowest BCUT2D eigenvalue weighted by molar-refractivity contribution is -0.385. The van der Waals surface area contributed by atoms with E-state index in [0.717, 1.165) is 4.88 Å². The van der Waals surface area contributed by atoms with Gasteiger partial charge in [-0.1, -0.05) is 12.1 Å². The van der Waals surface area contributed by atoms with E-state index in [4.69, 9.17) is 4.74 Å². The third kappa shape index (κ3) is 4.52. The van der Waals surface area contributed by atoms with Crippen LogP contribution in [0.4, 0.5) is 10.8 Å². The lowest BCUT2D eigenvalue weighted by atomic mass is 10.3. The molecule has 1 aromatic carbocycles. The molecular formula is C14H15N3O4S. The average Bonchev–Trinajstić information content (AvgIpc) is 2.89. The van der Waals surface area contributed by atoms with Gasteiger partial charge in [0.05, 0.1) is 11.5 Å². The van der Waals surface area contributed by atoms with E-state index in [1.54, 1.807) is 18.3 Å². The van der Waals surface area contributed by atoms with Crippen molar-refractivity contribution in [2.24, 2.45) is 0 Å². The molecule has 2 rings (SSSR count). The molecular weight excluding hydrogens is 306 g/mol. The lowest BCUT2D eigenvalue weighted by Crippen LogP contribution is -2.12. The fourth-order valence-electron chi connectivity index (χ4n) is 1.74. The van der Waals surface area contributed by atoms with E-state index in [2.05, 4.69) is 10.3 Å². The van der Waals surface area contributed by atoms with E-state index in [1.165, 1.54) is 23.5 Å². The second-order valence-corrected chi connectivity index (χ2v) is 5.74. The van der Waals surface area contributed by atoms with Crippen molar-refractivity contribution < 1.29 is 14.5 Å². The van der Waals surface area contributed by atoms with Crippen molar-refractivity contribution in [3.8, 4) is 5.75 Å². The van der Waals surface area contributed by atoms with Crippen LogP contribution in [-0.4, -0.2) is 22.4 Å². The molecule has 2 aromatic rings. The van der Waals surface area contributed by atoms with Gasteiger partial charge >= 0.3 is 5.69 Å². The van der Waals surface area contributed by atoms with Gasteiger partial charge in [-0.2, -0.15) is 0 Å². The Hall–Kier alpha value is -2.48. The number of rotatable bonds is 7.